The Morgan fingerprint density at radius 1 is 1.00 bits per heavy atom. The second-order valence-corrected chi connectivity index (χ2v) is 11.0. The molecule has 5 rings (SSSR count). The van der Waals surface area contributed by atoms with Gasteiger partial charge in [0, 0.05) is 22.9 Å². The summed E-state index contributed by atoms with van der Waals surface area (Å²) in [5.74, 6) is -1.36. The molecule has 0 amide bonds. The summed E-state index contributed by atoms with van der Waals surface area (Å²) >= 11 is 0. The van der Waals surface area contributed by atoms with E-state index >= 15 is 0 Å². The molecule has 34 heavy (non-hydrogen) atoms. The van der Waals surface area contributed by atoms with Gasteiger partial charge in [-0.2, -0.15) is 0 Å². The first kappa shape index (κ1) is 23.2. The maximum Gasteiger partial charge on any atom is 0.159 e. The summed E-state index contributed by atoms with van der Waals surface area (Å²) in [7, 11) is 0. The van der Waals surface area contributed by atoms with Crippen molar-refractivity contribution in [3.63, 3.8) is 0 Å². The fourth-order valence-corrected chi connectivity index (χ4v) is 5.96. The Kier molecular flexibility index (Phi) is 6.05. The maximum atomic E-state index is 14.5. The van der Waals surface area contributed by atoms with Gasteiger partial charge in [-0.25, -0.2) is 8.78 Å². The minimum Gasteiger partial charge on any atom is -0.388 e. The molecule has 0 saturated heterocycles. The van der Waals surface area contributed by atoms with Gasteiger partial charge in [-0.1, -0.05) is 62.6 Å². The number of halogens is 2. The Hall–Kier alpha value is -2.59. The number of aryl methyl sites for hydroxylation is 1. The van der Waals surface area contributed by atoms with Crippen LogP contribution in [0.3, 0.4) is 0 Å². The van der Waals surface area contributed by atoms with E-state index in [2.05, 4.69) is 45.0 Å². The average molecular weight is 462 g/mol. The molecule has 1 saturated carbocycles. The third-order valence-corrected chi connectivity index (χ3v) is 7.62. The minimum atomic E-state index is -0.864. The zero-order valence-corrected chi connectivity index (χ0v) is 20.3. The summed E-state index contributed by atoms with van der Waals surface area (Å²) in [5, 5.41) is 11.3. The van der Waals surface area contributed by atoms with Crippen LogP contribution in [0.2, 0.25) is 0 Å². The molecule has 1 atom stereocenters. The van der Waals surface area contributed by atoms with Gasteiger partial charge in [0.1, 0.15) is 0 Å². The van der Waals surface area contributed by atoms with Crippen LogP contribution in [-0.2, 0) is 12.8 Å². The van der Waals surface area contributed by atoms with Gasteiger partial charge in [0.2, 0.25) is 0 Å². The number of hydrogen-bond donors (Lipinski definition) is 1. The van der Waals surface area contributed by atoms with E-state index in [9.17, 15) is 13.9 Å². The molecule has 1 heterocycles. The van der Waals surface area contributed by atoms with Crippen molar-refractivity contribution in [3.8, 4) is 11.1 Å². The molecule has 178 valence electrons. The maximum absolute atomic E-state index is 14.5. The zero-order chi connectivity index (χ0) is 24.0. The van der Waals surface area contributed by atoms with Crippen molar-refractivity contribution in [3.05, 3.63) is 87.7 Å². The summed E-state index contributed by atoms with van der Waals surface area (Å²) < 4.78 is 28.4. The normalized spacial score (nSPS) is 19.9. The van der Waals surface area contributed by atoms with E-state index in [4.69, 9.17) is 4.98 Å². The number of aliphatic hydroxyl groups is 1. The summed E-state index contributed by atoms with van der Waals surface area (Å²) in [5.41, 5.74) is 7.61. The fraction of sp³-hybridized carbons (Fsp3) is 0.433. The minimum absolute atomic E-state index is 0.0733. The van der Waals surface area contributed by atoms with E-state index in [1.807, 2.05) is 0 Å². The van der Waals surface area contributed by atoms with Crippen molar-refractivity contribution in [2.24, 2.45) is 5.41 Å². The van der Waals surface area contributed by atoms with Crippen LogP contribution in [-0.4, -0.2) is 10.1 Å². The van der Waals surface area contributed by atoms with Crippen molar-refractivity contribution < 1.29 is 13.9 Å². The summed E-state index contributed by atoms with van der Waals surface area (Å²) in [6, 6.07) is 12.6. The Morgan fingerprint density at radius 2 is 1.71 bits per heavy atom. The van der Waals surface area contributed by atoms with Crippen LogP contribution < -0.4 is 0 Å². The van der Waals surface area contributed by atoms with Gasteiger partial charge in [-0.05, 0) is 78.8 Å². The van der Waals surface area contributed by atoms with Crippen LogP contribution in [0.5, 0.6) is 0 Å². The molecule has 4 heteroatoms. The monoisotopic (exact) mass is 461 g/mol. The van der Waals surface area contributed by atoms with E-state index < -0.39 is 17.7 Å². The van der Waals surface area contributed by atoms with Crippen molar-refractivity contribution in [1.29, 1.82) is 0 Å². The van der Waals surface area contributed by atoms with Crippen LogP contribution >= 0.6 is 0 Å². The van der Waals surface area contributed by atoms with Crippen molar-refractivity contribution >= 4 is 0 Å². The summed E-state index contributed by atoms with van der Waals surface area (Å²) in [4.78, 5) is 5.25. The number of pyridine rings is 1. The lowest BCUT2D eigenvalue weighted by atomic mass is 9.71. The third kappa shape index (κ3) is 4.40. The van der Waals surface area contributed by atoms with Crippen LogP contribution in [0, 0.1) is 24.0 Å². The fourth-order valence-electron chi connectivity index (χ4n) is 5.96. The van der Waals surface area contributed by atoms with E-state index in [-0.39, 0.29) is 5.41 Å². The molecule has 2 aliphatic carbocycles. The number of aromatic nitrogens is 1. The van der Waals surface area contributed by atoms with Crippen molar-refractivity contribution in [2.75, 3.05) is 0 Å². The first-order valence-electron chi connectivity index (χ1n) is 12.5. The highest BCUT2D eigenvalue weighted by molar-refractivity contribution is 5.74. The highest BCUT2D eigenvalue weighted by Gasteiger charge is 2.37. The molecule has 0 spiro atoms. The van der Waals surface area contributed by atoms with Crippen molar-refractivity contribution in [2.45, 2.75) is 77.7 Å². The van der Waals surface area contributed by atoms with Gasteiger partial charge in [0.05, 0.1) is 6.10 Å². The molecule has 1 N–H and O–H groups in total. The smallest absolute Gasteiger partial charge is 0.159 e. The van der Waals surface area contributed by atoms with Crippen LogP contribution in [0.1, 0.15) is 91.6 Å². The van der Waals surface area contributed by atoms with Gasteiger partial charge >= 0.3 is 0 Å². The van der Waals surface area contributed by atoms with Gasteiger partial charge in [-0.15, -0.1) is 0 Å². The van der Waals surface area contributed by atoms with Gasteiger partial charge in [-0.3, -0.25) is 4.98 Å². The predicted molar refractivity (Wildman–Crippen MR) is 132 cm³/mol. The third-order valence-electron chi connectivity index (χ3n) is 7.62. The predicted octanol–water partition coefficient (Wildman–Crippen LogP) is 7.59. The van der Waals surface area contributed by atoms with E-state index in [0.29, 0.717) is 24.3 Å². The van der Waals surface area contributed by atoms with Gasteiger partial charge in [0.25, 0.3) is 0 Å². The molecule has 0 bridgehead atoms. The molecular weight excluding hydrogens is 428 g/mol. The summed E-state index contributed by atoms with van der Waals surface area (Å²) in [6.45, 7) is 6.39. The second kappa shape index (κ2) is 8.88. The number of nitrogens with zero attached hydrogens (tertiary/aromatic N) is 1. The molecule has 2 aromatic carbocycles. The lowest BCUT2D eigenvalue weighted by molar-refractivity contribution is 0.0985. The van der Waals surface area contributed by atoms with Gasteiger partial charge in [0.15, 0.2) is 11.6 Å². The lowest BCUT2D eigenvalue weighted by Crippen LogP contribution is -2.28. The summed E-state index contributed by atoms with van der Waals surface area (Å²) in [6.07, 6.45) is 5.89. The molecule has 0 aliphatic heterocycles. The molecule has 0 radical (unpaired) electrons. The SMILES string of the molecule is Cc1ccc(Cc2c(C3CCCC3)nc3c(c2-c2ccc(F)c(F)c2)[C@@H](O)CC(C)(C)C3)cc1. The van der Waals surface area contributed by atoms with E-state index in [1.165, 1.54) is 30.5 Å². The first-order valence-corrected chi connectivity index (χ1v) is 12.5. The van der Waals surface area contributed by atoms with Gasteiger partial charge < -0.3 is 5.11 Å². The highest BCUT2D eigenvalue weighted by Crippen LogP contribution is 2.48. The quantitative estimate of drug-likeness (QED) is 0.434. The number of rotatable bonds is 4. The Bertz CT molecular complexity index is 1210. The molecule has 1 aromatic heterocycles. The average Bonchev–Trinajstić information content (AvgIpc) is 3.31. The van der Waals surface area contributed by atoms with E-state index in [1.54, 1.807) is 6.07 Å². The second-order valence-electron chi connectivity index (χ2n) is 11.0. The largest absolute Gasteiger partial charge is 0.388 e. The molecule has 3 aromatic rings. The number of aliphatic hydroxyl groups excluding tert-OH is 1. The molecule has 1 fully saturated rings. The standard InChI is InChI=1S/C30H33F2NO/c1-18-8-10-19(11-9-18)14-22-27(21-12-13-23(31)24(32)15-21)28-25(16-30(2,3)17-26(28)34)33-29(22)20-6-4-5-7-20/h8-13,15,20,26,34H,4-7,14,16-17H2,1-3H3/t26-/m0/s1. The van der Waals surface area contributed by atoms with Crippen LogP contribution in [0.15, 0.2) is 42.5 Å². The van der Waals surface area contributed by atoms with E-state index in [0.717, 1.165) is 52.9 Å². The number of fused-ring (bicyclic) bond motifs is 1. The number of benzene rings is 2. The van der Waals surface area contributed by atoms with Crippen LogP contribution in [0.4, 0.5) is 8.78 Å². The number of hydrogen-bond acceptors (Lipinski definition) is 2. The molecule has 2 nitrogen and oxygen atoms in total. The first-order chi connectivity index (χ1) is 16.2. The molecular formula is C30H33F2NO. The Balaban J connectivity index is 1.79. The van der Waals surface area contributed by atoms with Crippen LogP contribution in [0.25, 0.3) is 11.1 Å². The lowest BCUT2D eigenvalue weighted by Gasteiger charge is -2.37. The Morgan fingerprint density at radius 3 is 2.38 bits per heavy atom. The zero-order valence-electron chi connectivity index (χ0n) is 20.3. The van der Waals surface area contributed by atoms with Crippen molar-refractivity contribution in [1.82, 2.24) is 4.98 Å². The molecule has 2 aliphatic rings. The molecule has 0 unspecified atom stereocenters. The topological polar surface area (TPSA) is 33.1 Å². The highest BCUT2D eigenvalue weighted by atomic mass is 19.2. The Labute approximate surface area is 201 Å².